The molecule has 0 radical (unpaired) electrons. The molecule has 0 saturated carbocycles. The summed E-state index contributed by atoms with van der Waals surface area (Å²) >= 11 is 0. The summed E-state index contributed by atoms with van der Waals surface area (Å²) in [6, 6.07) is 8.09. The molecule has 2 aliphatic rings. The van der Waals surface area contributed by atoms with Crippen molar-refractivity contribution in [2.24, 2.45) is 0 Å². The van der Waals surface area contributed by atoms with Gasteiger partial charge in [-0.05, 0) is 29.3 Å². The third-order valence-corrected chi connectivity index (χ3v) is 5.78. The summed E-state index contributed by atoms with van der Waals surface area (Å²) in [5.41, 5.74) is 2.95. The van der Waals surface area contributed by atoms with Crippen LogP contribution in [0.25, 0.3) is 0 Å². The molecule has 2 aliphatic heterocycles. The minimum atomic E-state index is -0.700. The third-order valence-electron chi connectivity index (χ3n) is 5.78. The van der Waals surface area contributed by atoms with Gasteiger partial charge in [0.05, 0.1) is 39.4 Å². The number of halogens is 1. The van der Waals surface area contributed by atoms with Gasteiger partial charge < -0.3 is 23.8 Å². The fraction of sp³-hybridized carbons (Fsp3) is 0.429. The van der Waals surface area contributed by atoms with Gasteiger partial charge in [0, 0.05) is 12.8 Å². The summed E-state index contributed by atoms with van der Waals surface area (Å²) in [5, 5.41) is 10.8. The lowest BCUT2D eigenvalue weighted by Gasteiger charge is -2.44. The normalized spacial score (nSPS) is 20.9. The highest BCUT2D eigenvalue weighted by atomic mass is 19.1. The third kappa shape index (κ3) is 3.13. The lowest BCUT2D eigenvalue weighted by Crippen LogP contribution is -2.48. The van der Waals surface area contributed by atoms with Gasteiger partial charge in [0.1, 0.15) is 11.9 Å². The Labute approximate surface area is 158 Å². The van der Waals surface area contributed by atoms with Crippen LogP contribution in [-0.4, -0.2) is 44.1 Å². The lowest BCUT2D eigenvalue weighted by atomic mass is 9.85. The van der Waals surface area contributed by atoms with Crippen molar-refractivity contribution < 1.29 is 28.2 Å². The van der Waals surface area contributed by atoms with Crippen molar-refractivity contribution in [2.45, 2.75) is 25.0 Å². The molecule has 2 aromatic carbocycles. The zero-order chi connectivity index (χ0) is 19.2. The molecule has 1 N–H and O–H groups in total. The van der Waals surface area contributed by atoms with Gasteiger partial charge >= 0.3 is 0 Å². The molecule has 27 heavy (non-hydrogen) atoms. The zero-order valence-corrected chi connectivity index (χ0v) is 15.9. The first-order valence-corrected chi connectivity index (χ1v) is 9.16. The minimum Gasteiger partial charge on any atom is -0.492 e. The fourth-order valence-corrected chi connectivity index (χ4v) is 4.20. The van der Waals surface area contributed by atoms with Crippen molar-refractivity contribution in [1.29, 1.82) is 0 Å². The van der Waals surface area contributed by atoms with E-state index < -0.39 is 6.10 Å². The number of aliphatic hydroxyl groups excluding tert-OH is 1. The monoisotopic (exact) mass is 374 g/mol. The van der Waals surface area contributed by atoms with Crippen LogP contribution < -0.4 is 14.2 Å². The van der Waals surface area contributed by atoms with Crippen molar-refractivity contribution in [2.75, 3.05) is 34.5 Å². The minimum absolute atomic E-state index is 0.0123. The maximum Gasteiger partial charge on any atom is 0.231 e. The summed E-state index contributed by atoms with van der Waals surface area (Å²) in [4.78, 5) is 0. The molecule has 0 saturated heterocycles. The molecule has 0 bridgehead atoms. The first-order chi connectivity index (χ1) is 12.9. The van der Waals surface area contributed by atoms with Crippen LogP contribution in [0, 0.1) is 5.82 Å². The number of hydrogen-bond donors (Lipinski definition) is 1. The van der Waals surface area contributed by atoms with Crippen LogP contribution in [-0.2, 0) is 6.42 Å². The highest BCUT2D eigenvalue weighted by Gasteiger charge is 2.42. The molecule has 2 heterocycles. The Morgan fingerprint density at radius 1 is 1.26 bits per heavy atom. The molecule has 0 fully saturated rings. The van der Waals surface area contributed by atoms with Crippen LogP contribution >= 0.6 is 0 Å². The average Bonchev–Trinajstić information content (AvgIpc) is 3.11. The second kappa shape index (κ2) is 6.69. The van der Waals surface area contributed by atoms with Crippen molar-refractivity contribution in [1.82, 2.24) is 0 Å². The van der Waals surface area contributed by atoms with Crippen molar-refractivity contribution in [3.63, 3.8) is 0 Å². The number of fused-ring (bicyclic) bond motifs is 2. The molecular weight excluding hydrogens is 349 g/mol. The van der Waals surface area contributed by atoms with E-state index in [2.05, 4.69) is 14.1 Å². The van der Waals surface area contributed by atoms with Gasteiger partial charge in [0.25, 0.3) is 0 Å². The fourth-order valence-electron chi connectivity index (χ4n) is 4.20. The predicted molar refractivity (Wildman–Crippen MR) is 98.5 cm³/mol. The Bertz CT molecular complexity index is 850. The number of benzene rings is 2. The van der Waals surface area contributed by atoms with Crippen molar-refractivity contribution >= 4 is 0 Å². The predicted octanol–water partition coefficient (Wildman–Crippen LogP) is 3.36. The summed E-state index contributed by atoms with van der Waals surface area (Å²) in [6.45, 7) is 1.13. The molecule has 0 aliphatic carbocycles. The van der Waals surface area contributed by atoms with Crippen molar-refractivity contribution in [3.05, 3.63) is 52.8 Å². The first-order valence-electron chi connectivity index (χ1n) is 9.16. The first kappa shape index (κ1) is 18.1. The van der Waals surface area contributed by atoms with Crippen LogP contribution in [0.3, 0.4) is 0 Å². The highest BCUT2D eigenvalue weighted by molar-refractivity contribution is 5.61. The molecule has 0 amide bonds. The van der Waals surface area contributed by atoms with E-state index in [9.17, 15) is 9.50 Å². The van der Waals surface area contributed by atoms with Gasteiger partial charge in [0.15, 0.2) is 11.5 Å². The SMILES string of the molecule is COc1c2c(cc3c1[C@H](C[C@@H](O)c1ccc(F)cc1)[N+](C)(C)CC3)OCO2. The molecule has 2 aromatic rings. The van der Waals surface area contributed by atoms with Gasteiger partial charge in [-0.2, -0.15) is 0 Å². The quantitative estimate of drug-likeness (QED) is 0.834. The number of ether oxygens (including phenoxy) is 3. The van der Waals surface area contributed by atoms with Crippen LogP contribution in [0.5, 0.6) is 17.2 Å². The van der Waals surface area contributed by atoms with Crippen LogP contribution in [0.1, 0.15) is 35.3 Å². The Kier molecular flexibility index (Phi) is 4.48. The van der Waals surface area contributed by atoms with Crippen LogP contribution in [0.4, 0.5) is 4.39 Å². The molecule has 4 rings (SSSR count). The number of likely N-dealkylation sites (N-methyl/N-ethyl adjacent to an activating group) is 1. The van der Waals surface area contributed by atoms with E-state index in [1.807, 2.05) is 6.07 Å². The van der Waals surface area contributed by atoms with E-state index >= 15 is 0 Å². The van der Waals surface area contributed by atoms with Gasteiger partial charge in [-0.1, -0.05) is 12.1 Å². The molecule has 144 valence electrons. The van der Waals surface area contributed by atoms with E-state index in [0.29, 0.717) is 23.5 Å². The van der Waals surface area contributed by atoms with Crippen molar-refractivity contribution in [3.8, 4) is 17.2 Å². The summed E-state index contributed by atoms with van der Waals surface area (Å²) in [5.74, 6) is 1.75. The van der Waals surface area contributed by atoms with Gasteiger partial charge in [0.2, 0.25) is 12.5 Å². The number of aliphatic hydroxyl groups is 1. The molecule has 2 atom stereocenters. The van der Waals surface area contributed by atoms with E-state index in [1.54, 1.807) is 19.2 Å². The highest BCUT2D eigenvalue weighted by Crippen LogP contribution is 2.52. The Balaban J connectivity index is 1.75. The molecule has 6 heteroatoms. The summed E-state index contributed by atoms with van der Waals surface area (Å²) in [7, 11) is 5.96. The number of nitrogens with zero attached hydrogens (tertiary/aromatic N) is 1. The Hall–Kier alpha value is -2.31. The molecule has 5 nitrogen and oxygen atoms in total. The number of quaternary nitrogens is 1. The maximum atomic E-state index is 13.2. The smallest absolute Gasteiger partial charge is 0.231 e. The molecular formula is C21H25FNO4+. The molecule has 0 spiro atoms. The van der Waals surface area contributed by atoms with E-state index in [1.165, 1.54) is 17.7 Å². The lowest BCUT2D eigenvalue weighted by molar-refractivity contribution is -0.924. The summed E-state index contributed by atoms with van der Waals surface area (Å²) < 4.78 is 30.9. The largest absolute Gasteiger partial charge is 0.492 e. The van der Waals surface area contributed by atoms with E-state index in [-0.39, 0.29) is 18.7 Å². The number of methoxy groups -OCH3 is 1. The second-order valence-corrected chi connectivity index (χ2v) is 7.79. The molecule has 0 aromatic heterocycles. The second-order valence-electron chi connectivity index (χ2n) is 7.79. The van der Waals surface area contributed by atoms with Crippen LogP contribution in [0.2, 0.25) is 0 Å². The van der Waals surface area contributed by atoms with Gasteiger partial charge in [-0.25, -0.2) is 4.39 Å². The standard InChI is InChI=1S/C21H25FNO4/c1-23(2)9-8-14-10-18-20(27-12-26-18)21(25-3)19(14)16(23)11-17(24)13-4-6-15(22)7-5-13/h4-7,10,16-17,24H,8-9,11-12H2,1-3H3/q+1/t16-,17+/m0/s1. The van der Waals surface area contributed by atoms with E-state index in [4.69, 9.17) is 14.2 Å². The maximum absolute atomic E-state index is 13.2. The Morgan fingerprint density at radius 3 is 2.70 bits per heavy atom. The van der Waals surface area contributed by atoms with Gasteiger partial charge in [-0.3, -0.25) is 0 Å². The topological polar surface area (TPSA) is 47.9 Å². The molecule has 0 unspecified atom stereocenters. The Morgan fingerprint density at radius 2 is 2.00 bits per heavy atom. The zero-order valence-electron chi connectivity index (χ0n) is 15.9. The summed E-state index contributed by atoms with van der Waals surface area (Å²) in [6.07, 6.45) is 0.703. The van der Waals surface area contributed by atoms with Gasteiger partial charge in [-0.15, -0.1) is 0 Å². The number of rotatable bonds is 4. The van der Waals surface area contributed by atoms with E-state index in [0.717, 1.165) is 28.8 Å². The average molecular weight is 374 g/mol. The number of hydrogen-bond acceptors (Lipinski definition) is 4. The van der Waals surface area contributed by atoms with Crippen LogP contribution in [0.15, 0.2) is 30.3 Å².